The molecule has 1 atom stereocenters. The molecule has 0 aromatic heterocycles. The summed E-state index contributed by atoms with van der Waals surface area (Å²) in [5.41, 5.74) is 1.57. The average Bonchev–Trinajstić information content (AvgIpc) is 3.60. The van der Waals surface area contributed by atoms with Crippen molar-refractivity contribution in [3.05, 3.63) is 23.8 Å². The highest BCUT2D eigenvalue weighted by molar-refractivity contribution is 6.06. The highest BCUT2D eigenvalue weighted by Crippen LogP contribution is 2.34. The van der Waals surface area contributed by atoms with Gasteiger partial charge in [0.15, 0.2) is 0 Å². The van der Waals surface area contributed by atoms with Crippen LogP contribution in [0.15, 0.2) is 18.2 Å². The number of aliphatic hydroxyl groups is 1. The number of nitrogens with one attached hydrogen (secondary N) is 2. The van der Waals surface area contributed by atoms with Gasteiger partial charge in [0.1, 0.15) is 0 Å². The largest absolute Gasteiger partial charge is 0.395 e. The van der Waals surface area contributed by atoms with Crippen molar-refractivity contribution in [2.75, 3.05) is 56.1 Å². The molecule has 0 bridgehead atoms. The van der Waals surface area contributed by atoms with Crippen LogP contribution in [0.4, 0.5) is 16.2 Å². The fourth-order valence-corrected chi connectivity index (χ4v) is 4.43. The highest BCUT2D eigenvalue weighted by Gasteiger charge is 2.34. The number of rotatable bonds is 6. The quantitative estimate of drug-likeness (QED) is 0.618. The first-order valence-electron chi connectivity index (χ1n) is 11.6. The molecule has 4 amide bonds. The third kappa shape index (κ3) is 5.21. The van der Waals surface area contributed by atoms with E-state index in [1.165, 1.54) is 12.8 Å². The van der Waals surface area contributed by atoms with E-state index in [9.17, 15) is 14.4 Å². The minimum absolute atomic E-state index is 0.106. The second-order valence-electron chi connectivity index (χ2n) is 9.03. The summed E-state index contributed by atoms with van der Waals surface area (Å²) in [6, 6.07) is 4.69. The van der Waals surface area contributed by atoms with Crippen molar-refractivity contribution >= 4 is 29.2 Å². The molecule has 1 aliphatic carbocycles. The molecule has 9 heteroatoms. The number of β-amino-alcohol motifs (C(OH)–C–C–N with tert-alkyl or cyclic N) is 1. The zero-order valence-electron chi connectivity index (χ0n) is 18.7. The Morgan fingerprint density at radius 2 is 1.94 bits per heavy atom. The molecule has 174 valence electrons. The number of fused-ring (bicyclic) bond motifs is 1. The lowest BCUT2D eigenvalue weighted by Crippen LogP contribution is -2.55. The van der Waals surface area contributed by atoms with E-state index in [1.54, 1.807) is 28.0 Å². The molecule has 1 saturated heterocycles. The van der Waals surface area contributed by atoms with Crippen molar-refractivity contribution in [3.8, 4) is 0 Å². The molecule has 1 saturated carbocycles. The van der Waals surface area contributed by atoms with Crippen molar-refractivity contribution in [2.45, 2.75) is 38.6 Å². The summed E-state index contributed by atoms with van der Waals surface area (Å²) in [6.07, 6.45) is 3.69. The number of anilines is 2. The maximum atomic E-state index is 13.4. The fourth-order valence-electron chi connectivity index (χ4n) is 4.43. The predicted molar refractivity (Wildman–Crippen MR) is 122 cm³/mol. The number of carbonyl (C=O) groups excluding carboxylic acids is 3. The van der Waals surface area contributed by atoms with Gasteiger partial charge in [-0.05, 0) is 37.5 Å². The summed E-state index contributed by atoms with van der Waals surface area (Å²) >= 11 is 0. The lowest BCUT2D eigenvalue weighted by Gasteiger charge is -2.38. The van der Waals surface area contributed by atoms with Crippen molar-refractivity contribution in [1.29, 1.82) is 0 Å². The molecule has 3 N–H and O–H groups in total. The lowest BCUT2D eigenvalue weighted by atomic mass is 10.1. The van der Waals surface area contributed by atoms with Gasteiger partial charge in [0.2, 0.25) is 5.91 Å². The molecule has 2 heterocycles. The normalized spacial score (nSPS) is 21.6. The van der Waals surface area contributed by atoms with Gasteiger partial charge in [0, 0.05) is 57.3 Å². The Labute approximate surface area is 188 Å². The molecule has 2 fully saturated rings. The van der Waals surface area contributed by atoms with Crippen LogP contribution in [0, 0.1) is 5.92 Å². The van der Waals surface area contributed by atoms with Crippen molar-refractivity contribution in [3.63, 3.8) is 0 Å². The Bertz CT molecular complexity index is 864. The Morgan fingerprint density at radius 1 is 1.19 bits per heavy atom. The Balaban J connectivity index is 1.50. The van der Waals surface area contributed by atoms with Gasteiger partial charge in [-0.25, -0.2) is 4.79 Å². The van der Waals surface area contributed by atoms with Crippen LogP contribution in [0.5, 0.6) is 0 Å². The fraction of sp³-hybridized carbons (Fsp3) is 0.609. The zero-order valence-corrected chi connectivity index (χ0v) is 18.7. The minimum atomic E-state index is -0.308. The zero-order chi connectivity index (χ0) is 22.7. The first-order valence-corrected chi connectivity index (χ1v) is 11.6. The van der Waals surface area contributed by atoms with E-state index >= 15 is 0 Å². The average molecular weight is 444 g/mol. The standard InChI is InChI=1S/C23H33N5O4/c1-16-14-21(30)25-19-15-18(22(31)24-7-6-17-2-3-17)4-5-20(19)28(16)23(32)27-10-8-26(9-11-27)12-13-29/h4-5,15-17,29H,2-3,6-14H2,1H3,(H,24,31)(H,25,30)/t16-/m0/s1. The van der Waals surface area contributed by atoms with Gasteiger partial charge in [-0.1, -0.05) is 12.8 Å². The Morgan fingerprint density at radius 3 is 2.62 bits per heavy atom. The minimum Gasteiger partial charge on any atom is -0.395 e. The first kappa shape index (κ1) is 22.5. The summed E-state index contributed by atoms with van der Waals surface area (Å²) in [5.74, 6) is 0.402. The van der Waals surface area contributed by atoms with E-state index in [0.717, 1.165) is 12.3 Å². The lowest BCUT2D eigenvalue weighted by molar-refractivity contribution is -0.116. The van der Waals surface area contributed by atoms with Crippen LogP contribution in [0.1, 0.15) is 43.0 Å². The monoisotopic (exact) mass is 443 g/mol. The van der Waals surface area contributed by atoms with Crippen LogP contribution in [0.3, 0.4) is 0 Å². The highest BCUT2D eigenvalue weighted by atomic mass is 16.3. The second-order valence-corrected chi connectivity index (χ2v) is 9.03. The van der Waals surface area contributed by atoms with Gasteiger partial charge < -0.3 is 20.6 Å². The van der Waals surface area contributed by atoms with Gasteiger partial charge in [0.05, 0.1) is 18.0 Å². The van der Waals surface area contributed by atoms with Crippen LogP contribution >= 0.6 is 0 Å². The molecule has 9 nitrogen and oxygen atoms in total. The summed E-state index contributed by atoms with van der Waals surface area (Å²) < 4.78 is 0. The number of benzene rings is 1. The molecular weight excluding hydrogens is 410 g/mol. The Kier molecular flexibility index (Phi) is 6.95. The molecule has 1 aromatic carbocycles. The molecular formula is C23H33N5O4. The Hall–Kier alpha value is -2.65. The van der Waals surface area contributed by atoms with Gasteiger partial charge in [-0.15, -0.1) is 0 Å². The molecule has 1 aromatic rings. The smallest absolute Gasteiger partial charge is 0.324 e. The van der Waals surface area contributed by atoms with Crippen molar-refractivity contribution in [2.24, 2.45) is 5.92 Å². The van der Waals surface area contributed by atoms with Crippen molar-refractivity contribution < 1.29 is 19.5 Å². The van der Waals surface area contributed by atoms with Crippen LogP contribution in [0.25, 0.3) is 0 Å². The summed E-state index contributed by atoms with van der Waals surface area (Å²) in [7, 11) is 0. The maximum Gasteiger partial charge on any atom is 0.324 e. The van der Waals surface area contributed by atoms with Crippen LogP contribution in [-0.4, -0.2) is 84.7 Å². The third-order valence-corrected chi connectivity index (χ3v) is 6.51. The van der Waals surface area contributed by atoms with E-state index in [-0.39, 0.29) is 36.9 Å². The van der Waals surface area contributed by atoms with E-state index in [0.29, 0.717) is 56.2 Å². The predicted octanol–water partition coefficient (Wildman–Crippen LogP) is 1.48. The second kappa shape index (κ2) is 9.87. The molecule has 2 aliphatic heterocycles. The topological polar surface area (TPSA) is 105 Å². The first-order chi connectivity index (χ1) is 15.5. The molecule has 4 rings (SSSR count). The number of carbonyl (C=O) groups is 3. The van der Waals surface area contributed by atoms with Crippen LogP contribution in [0.2, 0.25) is 0 Å². The van der Waals surface area contributed by atoms with Crippen LogP contribution in [-0.2, 0) is 4.79 Å². The molecule has 32 heavy (non-hydrogen) atoms. The van der Waals surface area contributed by atoms with E-state index in [2.05, 4.69) is 15.5 Å². The molecule has 0 spiro atoms. The number of hydrogen-bond acceptors (Lipinski definition) is 5. The van der Waals surface area contributed by atoms with Gasteiger partial charge in [0.25, 0.3) is 5.91 Å². The number of hydrogen-bond donors (Lipinski definition) is 3. The number of nitrogens with zero attached hydrogens (tertiary/aromatic N) is 3. The van der Waals surface area contributed by atoms with Crippen LogP contribution < -0.4 is 15.5 Å². The van der Waals surface area contributed by atoms with Crippen molar-refractivity contribution in [1.82, 2.24) is 15.1 Å². The SMILES string of the molecule is C[C@H]1CC(=O)Nc2cc(C(=O)NCCC3CC3)ccc2N1C(=O)N1CCN(CCO)CC1. The number of aliphatic hydroxyl groups excluding tert-OH is 1. The van der Waals surface area contributed by atoms with Gasteiger partial charge in [-0.2, -0.15) is 0 Å². The third-order valence-electron chi connectivity index (χ3n) is 6.51. The summed E-state index contributed by atoms with van der Waals surface area (Å²) in [6.45, 7) is 5.78. The maximum absolute atomic E-state index is 13.4. The van der Waals surface area contributed by atoms with Gasteiger partial charge in [-0.3, -0.25) is 19.4 Å². The molecule has 0 unspecified atom stereocenters. The number of amides is 4. The molecule has 0 radical (unpaired) electrons. The number of piperazine rings is 1. The van der Waals surface area contributed by atoms with E-state index in [1.807, 2.05) is 6.92 Å². The van der Waals surface area contributed by atoms with E-state index < -0.39 is 0 Å². The molecule has 3 aliphatic rings. The summed E-state index contributed by atoms with van der Waals surface area (Å²) in [4.78, 5) is 44.1. The van der Waals surface area contributed by atoms with E-state index in [4.69, 9.17) is 5.11 Å². The van der Waals surface area contributed by atoms with Gasteiger partial charge >= 0.3 is 6.03 Å². The summed E-state index contributed by atoms with van der Waals surface area (Å²) in [5, 5.41) is 15.0. The number of urea groups is 1.